The second-order valence-corrected chi connectivity index (χ2v) is 7.08. The van der Waals surface area contributed by atoms with Crippen molar-refractivity contribution in [1.29, 1.82) is 0 Å². The van der Waals surface area contributed by atoms with Gasteiger partial charge < -0.3 is 5.32 Å². The van der Waals surface area contributed by atoms with Gasteiger partial charge in [-0.25, -0.2) is 8.42 Å². The number of nitrogens with zero attached hydrogens (tertiary/aromatic N) is 2. The van der Waals surface area contributed by atoms with Crippen molar-refractivity contribution in [3.63, 3.8) is 0 Å². The van der Waals surface area contributed by atoms with Crippen LogP contribution in [0.25, 0.3) is 0 Å². The van der Waals surface area contributed by atoms with Crippen molar-refractivity contribution >= 4 is 9.84 Å². The van der Waals surface area contributed by atoms with Crippen LogP contribution in [0.4, 0.5) is 0 Å². The van der Waals surface area contributed by atoms with Crippen molar-refractivity contribution in [3.05, 3.63) is 18.0 Å². The van der Waals surface area contributed by atoms with Crippen molar-refractivity contribution in [3.8, 4) is 0 Å². The summed E-state index contributed by atoms with van der Waals surface area (Å²) in [5.41, 5.74) is 0.968. The minimum Gasteiger partial charge on any atom is -0.311 e. The number of aromatic nitrogens is 2. The Morgan fingerprint density at radius 3 is 2.94 bits per heavy atom. The largest absolute Gasteiger partial charge is 0.311 e. The molecule has 1 saturated heterocycles. The van der Waals surface area contributed by atoms with Gasteiger partial charge in [0.1, 0.15) is 0 Å². The summed E-state index contributed by atoms with van der Waals surface area (Å²) in [5, 5.41) is 7.07. The van der Waals surface area contributed by atoms with E-state index in [1.807, 2.05) is 24.7 Å². The molecule has 2 rings (SSSR count). The number of hydrogen-bond donors (Lipinski definition) is 1. The molecule has 0 aliphatic carbocycles. The van der Waals surface area contributed by atoms with Gasteiger partial charge in [0.15, 0.2) is 9.84 Å². The van der Waals surface area contributed by atoms with Crippen LogP contribution in [0.15, 0.2) is 12.3 Å². The van der Waals surface area contributed by atoms with Crippen molar-refractivity contribution in [1.82, 2.24) is 15.1 Å². The smallest absolute Gasteiger partial charge is 0.155 e. The summed E-state index contributed by atoms with van der Waals surface area (Å²) in [6.45, 7) is 2.77. The highest BCUT2D eigenvalue weighted by molar-refractivity contribution is 7.92. The van der Waals surface area contributed by atoms with Gasteiger partial charge in [0.05, 0.1) is 22.7 Å². The standard InChI is InChI=1S/C12H21N3O2S/c1-3-15-10(7-8-14-15)12(13-2)11-6-4-5-9-18(11,16)17/h7-8,11-13H,3-6,9H2,1-2H3. The van der Waals surface area contributed by atoms with E-state index in [0.29, 0.717) is 5.75 Å². The Kier molecular flexibility index (Phi) is 4.07. The molecule has 2 atom stereocenters. The summed E-state index contributed by atoms with van der Waals surface area (Å²) in [4.78, 5) is 0. The van der Waals surface area contributed by atoms with E-state index in [1.54, 1.807) is 6.20 Å². The third-order valence-electron chi connectivity index (χ3n) is 3.68. The molecular weight excluding hydrogens is 250 g/mol. The highest BCUT2D eigenvalue weighted by Gasteiger charge is 2.36. The summed E-state index contributed by atoms with van der Waals surface area (Å²) < 4.78 is 26.3. The lowest BCUT2D eigenvalue weighted by Crippen LogP contribution is -2.40. The first-order chi connectivity index (χ1) is 8.60. The third kappa shape index (κ3) is 2.44. The zero-order chi connectivity index (χ0) is 13.2. The Morgan fingerprint density at radius 2 is 2.33 bits per heavy atom. The molecule has 0 aromatic carbocycles. The number of aryl methyl sites for hydroxylation is 1. The van der Waals surface area contributed by atoms with Crippen LogP contribution in [-0.2, 0) is 16.4 Å². The molecule has 102 valence electrons. The van der Waals surface area contributed by atoms with Gasteiger partial charge in [-0.3, -0.25) is 4.68 Å². The summed E-state index contributed by atoms with van der Waals surface area (Å²) in [6, 6.07) is 1.76. The molecule has 5 nitrogen and oxygen atoms in total. The zero-order valence-corrected chi connectivity index (χ0v) is 11.8. The number of rotatable bonds is 4. The SMILES string of the molecule is CCn1nccc1C(NC)C1CCCCS1(=O)=O. The Balaban J connectivity index is 2.33. The zero-order valence-electron chi connectivity index (χ0n) is 11.0. The van der Waals surface area contributed by atoms with E-state index in [0.717, 1.165) is 31.5 Å². The average Bonchev–Trinajstić information content (AvgIpc) is 2.80. The van der Waals surface area contributed by atoms with Gasteiger partial charge in [-0.05, 0) is 32.9 Å². The predicted molar refractivity (Wildman–Crippen MR) is 71.1 cm³/mol. The minimum atomic E-state index is -2.99. The molecule has 1 N–H and O–H groups in total. The molecule has 0 amide bonds. The highest BCUT2D eigenvalue weighted by Crippen LogP contribution is 2.30. The van der Waals surface area contributed by atoms with Crippen LogP contribution in [0.1, 0.15) is 37.9 Å². The Labute approximate surface area is 108 Å². The molecule has 0 bridgehead atoms. The normalized spacial score (nSPS) is 24.9. The van der Waals surface area contributed by atoms with Gasteiger partial charge in [0.2, 0.25) is 0 Å². The molecule has 6 heteroatoms. The Hall–Kier alpha value is -0.880. The fourth-order valence-electron chi connectivity index (χ4n) is 2.75. The van der Waals surface area contributed by atoms with Crippen LogP contribution in [0, 0.1) is 0 Å². The monoisotopic (exact) mass is 271 g/mol. The van der Waals surface area contributed by atoms with Crippen LogP contribution in [0.2, 0.25) is 0 Å². The molecule has 1 aliphatic heterocycles. The highest BCUT2D eigenvalue weighted by atomic mass is 32.2. The number of sulfone groups is 1. The maximum Gasteiger partial charge on any atom is 0.155 e. The van der Waals surface area contributed by atoms with Crippen LogP contribution in [-0.4, -0.2) is 36.2 Å². The summed E-state index contributed by atoms with van der Waals surface area (Å²) in [5.74, 6) is 0.316. The van der Waals surface area contributed by atoms with E-state index in [4.69, 9.17) is 0 Å². The quantitative estimate of drug-likeness (QED) is 0.891. The van der Waals surface area contributed by atoms with Crippen LogP contribution >= 0.6 is 0 Å². The molecule has 0 radical (unpaired) electrons. The molecule has 0 saturated carbocycles. The molecule has 1 aromatic rings. The first-order valence-electron chi connectivity index (χ1n) is 6.50. The molecule has 0 spiro atoms. The van der Waals surface area contributed by atoms with Crippen molar-refractivity contribution in [2.45, 2.75) is 44.0 Å². The topological polar surface area (TPSA) is 64.0 Å². The van der Waals surface area contributed by atoms with E-state index in [2.05, 4.69) is 10.4 Å². The predicted octanol–water partition coefficient (Wildman–Crippen LogP) is 1.13. The number of nitrogens with one attached hydrogen (secondary N) is 1. The van der Waals surface area contributed by atoms with E-state index >= 15 is 0 Å². The van der Waals surface area contributed by atoms with Gasteiger partial charge in [-0.2, -0.15) is 5.10 Å². The van der Waals surface area contributed by atoms with Crippen LogP contribution < -0.4 is 5.32 Å². The Morgan fingerprint density at radius 1 is 1.56 bits per heavy atom. The summed E-state index contributed by atoms with van der Waals surface area (Å²) in [6.07, 6.45) is 4.26. The maximum atomic E-state index is 12.2. The van der Waals surface area contributed by atoms with Gasteiger partial charge in [-0.15, -0.1) is 0 Å². The van der Waals surface area contributed by atoms with Gasteiger partial charge in [0, 0.05) is 12.7 Å². The molecule has 2 unspecified atom stereocenters. The van der Waals surface area contributed by atoms with Crippen molar-refractivity contribution in [2.24, 2.45) is 0 Å². The van der Waals surface area contributed by atoms with Crippen molar-refractivity contribution in [2.75, 3.05) is 12.8 Å². The number of hydrogen-bond acceptors (Lipinski definition) is 4. The third-order valence-corrected chi connectivity index (χ3v) is 5.97. The van der Waals surface area contributed by atoms with E-state index in [9.17, 15) is 8.42 Å². The first-order valence-corrected chi connectivity index (χ1v) is 8.22. The summed E-state index contributed by atoms with van der Waals surface area (Å²) in [7, 11) is -1.17. The fraction of sp³-hybridized carbons (Fsp3) is 0.750. The molecule has 1 aromatic heterocycles. The van der Waals surface area contributed by atoms with E-state index in [1.165, 1.54) is 0 Å². The lowest BCUT2D eigenvalue weighted by molar-refractivity contribution is 0.442. The van der Waals surface area contributed by atoms with Crippen LogP contribution in [0.3, 0.4) is 0 Å². The minimum absolute atomic E-state index is 0.155. The van der Waals surface area contributed by atoms with Gasteiger partial charge in [0.25, 0.3) is 0 Å². The molecule has 1 aliphatic rings. The second-order valence-electron chi connectivity index (χ2n) is 4.74. The Bertz CT molecular complexity index is 495. The summed E-state index contributed by atoms with van der Waals surface area (Å²) >= 11 is 0. The average molecular weight is 271 g/mol. The molecule has 1 fully saturated rings. The molecule has 18 heavy (non-hydrogen) atoms. The lowest BCUT2D eigenvalue weighted by Gasteiger charge is -2.30. The molecular formula is C12H21N3O2S. The first kappa shape index (κ1) is 13.5. The van der Waals surface area contributed by atoms with Crippen LogP contribution in [0.5, 0.6) is 0 Å². The lowest BCUT2D eigenvalue weighted by atomic mass is 10.0. The van der Waals surface area contributed by atoms with E-state index < -0.39 is 9.84 Å². The fourth-order valence-corrected chi connectivity index (χ4v) is 4.87. The van der Waals surface area contributed by atoms with Gasteiger partial charge in [-0.1, -0.05) is 6.42 Å². The molecule has 2 heterocycles. The van der Waals surface area contributed by atoms with E-state index in [-0.39, 0.29) is 11.3 Å². The van der Waals surface area contributed by atoms with Gasteiger partial charge >= 0.3 is 0 Å². The van der Waals surface area contributed by atoms with Crippen molar-refractivity contribution < 1.29 is 8.42 Å². The maximum absolute atomic E-state index is 12.2. The second kappa shape index (κ2) is 5.40.